The molecule has 0 N–H and O–H groups in total. The third kappa shape index (κ3) is 5.97. The van der Waals surface area contributed by atoms with Gasteiger partial charge in [-0.25, -0.2) is 18.0 Å². The van der Waals surface area contributed by atoms with Gasteiger partial charge in [0.2, 0.25) is 0 Å². The third-order valence-corrected chi connectivity index (χ3v) is 8.29. The van der Waals surface area contributed by atoms with E-state index in [4.69, 9.17) is 13.3 Å². The van der Waals surface area contributed by atoms with Crippen LogP contribution >= 0.6 is 0 Å². The monoisotopic (exact) mass is 573 g/mol. The second-order valence-electron chi connectivity index (χ2n) is 8.03. The number of hydrogen-bond donors (Lipinski definition) is 0. The van der Waals surface area contributed by atoms with Gasteiger partial charge in [0, 0.05) is 17.5 Å². The minimum Gasteiger partial charge on any atom is -0.462 e. The normalized spacial score (nSPS) is 11.7. The molecule has 14 heteroatoms. The molecule has 4 rings (SSSR count). The number of carbonyl (C=O) groups excluding carboxylic acids is 1. The number of ether oxygens (including phenoxy) is 1. The smallest absolute Gasteiger partial charge is 0.340 e. The van der Waals surface area contributed by atoms with Gasteiger partial charge in [0.15, 0.2) is 21.2 Å². The molecule has 0 aliphatic heterocycles. The lowest BCUT2D eigenvalue weighted by atomic mass is 10.2. The summed E-state index contributed by atoms with van der Waals surface area (Å²) in [6.07, 6.45) is 0. The van der Waals surface area contributed by atoms with E-state index in [1.807, 2.05) is 0 Å². The van der Waals surface area contributed by atoms with Crippen molar-refractivity contribution in [3.8, 4) is 5.75 Å². The first-order chi connectivity index (χ1) is 18.4. The lowest BCUT2D eigenvalue weighted by Crippen LogP contribution is -2.15. The Balaban J connectivity index is 1.64. The van der Waals surface area contributed by atoms with Crippen LogP contribution in [0.5, 0.6) is 5.75 Å². The lowest BCUT2D eigenvalue weighted by molar-refractivity contribution is -0.385. The quantitative estimate of drug-likeness (QED) is 0.0939. The molecule has 0 aliphatic carbocycles. The molecule has 0 radical (unpaired) electrons. The van der Waals surface area contributed by atoms with E-state index in [1.165, 1.54) is 48.5 Å². The molecule has 0 amide bonds. The first kappa shape index (κ1) is 27.5. The van der Waals surface area contributed by atoms with Gasteiger partial charge < -0.3 is 13.3 Å². The molecule has 0 bridgehead atoms. The lowest BCUT2D eigenvalue weighted by Gasteiger charge is -2.10. The van der Waals surface area contributed by atoms with Gasteiger partial charge in [-0.3, -0.25) is 10.1 Å². The van der Waals surface area contributed by atoms with Gasteiger partial charge in [-0.05, 0) is 49.4 Å². The summed E-state index contributed by atoms with van der Waals surface area (Å²) in [5.74, 6) is -1.77. The van der Waals surface area contributed by atoms with Crippen LogP contribution in [-0.2, 0) is 30.4 Å². The highest BCUT2D eigenvalue weighted by atomic mass is 32.2. The van der Waals surface area contributed by atoms with Crippen LogP contribution in [0.1, 0.15) is 22.8 Å². The number of non-ortho nitro benzene ring substituents is 1. The Bertz CT molecular complexity index is 1860. The maximum absolute atomic E-state index is 12.8. The van der Waals surface area contributed by atoms with Gasteiger partial charge in [0.05, 0.1) is 33.3 Å². The van der Waals surface area contributed by atoms with Gasteiger partial charge >= 0.3 is 21.7 Å². The fourth-order valence-electron chi connectivity index (χ4n) is 3.54. The van der Waals surface area contributed by atoms with Crippen LogP contribution in [0.25, 0.3) is 11.0 Å². The Morgan fingerprint density at radius 1 is 0.949 bits per heavy atom. The molecule has 0 fully saturated rings. The van der Waals surface area contributed by atoms with E-state index in [0.29, 0.717) is 0 Å². The number of para-hydroxylation sites is 1. The molecule has 1 aromatic heterocycles. The molecule has 0 unspecified atom stereocenters. The van der Waals surface area contributed by atoms with Crippen molar-refractivity contribution in [2.24, 2.45) is 0 Å². The first-order valence-electron chi connectivity index (χ1n) is 11.2. The van der Waals surface area contributed by atoms with Crippen molar-refractivity contribution in [3.63, 3.8) is 0 Å². The number of sulfone groups is 1. The van der Waals surface area contributed by atoms with Crippen molar-refractivity contribution in [3.05, 3.63) is 104 Å². The van der Waals surface area contributed by atoms with Gasteiger partial charge in [0.25, 0.3) is 5.69 Å². The highest BCUT2D eigenvalue weighted by molar-refractivity contribution is 7.90. The fraction of sp³-hybridized carbons (Fsp3) is 0.120. The van der Waals surface area contributed by atoms with Crippen LogP contribution in [0.3, 0.4) is 0 Å². The predicted octanol–water partition coefficient (Wildman–Crippen LogP) is 3.62. The zero-order valence-electron chi connectivity index (χ0n) is 20.1. The number of nitro benzene ring substituents is 1. The number of benzene rings is 3. The number of hydrogen-bond acceptors (Lipinski definition) is 11. The van der Waals surface area contributed by atoms with Gasteiger partial charge in [0.1, 0.15) is 4.90 Å². The van der Waals surface area contributed by atoms with Crippen molar-refractivity contribution >= 4 is 42.6 Å². The number of nitro groups is 1. The van der Waals surface area contributed by atoms with Gasteiger partial charge in [-0.2, -0.15) is 8.42 Å². The molecular formula is C25H19NO11S2. The van der Waals surface area contributed by atoms with Crippen molar-refractivity contribution in [1.29, 1.82) is 0 Å². The number of nitrogens with zero attached hydrogens (tertiary/aromatic N) is 1. The summed E-state index contributed by atoms with van der Waals surface area (Å²) in [6.45, 7) is 1.78. The molecular weight excluding hydrogens is 554 g/mol. The Morgan fingerprint density at radius 3 is 2.31 bits per heavy atom. The molecule has 0 spiro atoms. The van der Waals surface area contributed by atoms with Crippen LogP contribution in [0.2, 0.25) is 0 Å². The number of esters is 1. The van der Waals surface area contributed by atoms with Crippen molar-refractivity contribution in [2.75, 3.05) is 6.61 Å². The summed E-state index contributed by atoms with van der Waals surface area (Å²) in [5.41, 5.74) is -1.88. The standard InChI is InChI=1S/C25H19NO11S2/c1-2-35-24(27)16-9-11-20(12-10-16)39(33,34)37-22-8-3-5-17-13-18(25(28)36-23(17)22)15-38(31,32)21-7-4-6-19(14-21)26(29)30/h3-14H,2,15H2,1H3. The zero-order valence-corrected chi connectivity index (χ0v) is 21.7. The summed E-state index contributed by atoms with van der Waals surface area (Å²) in [6, 6.07) is 14.5. The fourth-order valence-corrected chi connectivity index (χ4v) is 5.84. The van der Waals surface area contributed by atoms with Crippen molar-refractivity contribution in [2.45, 2.75) is 22.5 Å². The van der Waals surface area contributed by atoms with Gasteiger partial charge in [-0.1, -0.05) is 18.2 Å². The van der Waals surface area contributed by atoms with Crippen LogP contribution in [0, 0.1) is 10.1 Å². The molecule has 202 valence electrons. The van der Waals surface area contributed by atoms with Crippen LogP contribution in [0.4, 0.5) is 5.69 Å². The van der Waals surface area contributed by atoms with Crippen LogP contribution < -0.4 is 9.81 Å². The summed E-state index contributed by atoms with van der Waals surface area (Å²) in [7, 11) is -8.60. The van der Waals surface area contributed by atoms with E-state index in [-0.39, 0.29) is 44.2 Å². The van der Waals surface area contributed by atoms with E-state index in [9.17, 15) is 36.5 Å². The highest BCUT2D eigenvalue weighted by Gasteiger charge is 2.23. The highest BCUT2D eigenvalue weighted by Crippen LogP contribution is 2.29. The van der Waals surface area contributed by atoms with E-state index < -0.39 is 47.9 Å². The summed E-state index contributed by atoms with van der Waals surface area (Å²) in [4.78, 5) is 34.1. The molecule has 4 aromatic rings. The second-order valence-corrected chi connectivity index (χ2v) is 11.6. The average Bonchev–Trinajstić information content (AvgIpc) is 2.89. The average molecular weight is 574 g/mol. The van der Waals surface area contributed by atoms with Crippen LogP contribution in [0.15, 0.2) is 91.8 Å². The Labute approximate surface area is 221 Å². The Hall–Kier alpha value is -4.56. The Kier molecular flexibility index (Phi) is 7.51. The van der Waals surface area contributed by atoms with Crippen molar-refractivity contribution < 1.29 is 39.9 Å². The van der Waals surface area contributed by atoms with Gasteiger partial charge in [-0.15, -0.1) is 0 Å². The topological polar surface area (TPSA) is 177 Å². The Morgan fingerprint density at radius 2 is 1.64 bits per heavy atom. The minimum absolute atomic E-state index is 0.138. The van der Waals surface area contributed by atoms with E-state index in [2.05, 4.69) is 0 Å². The molecule has 39 heavy (non-hydrogen) atoms. The predicted molar refractivity (Wildman–Crippen MR) is 137 cm³/mol. The van der Waals surface area contributed by atoms with Crippen molar-refractivity contribution in [1.82, 2.24) is 0 Å². The molecule has 0 aliphatic rings. The summed E-state index contributed by atoms with van der Waals surface area (Å²) >= 11 is 0. The molecule has 1 heterocycles. The number of carbonyl (C=O) groups is 1. The minimum atomic E-state index is -4.42. The SMILES string of the molecule is CCOC(=O)c1ccc(S(=O)(=O)Oc2cccc3cc(CS(=O)(=O)c4cccc([N+](=O)[O-])c4)c(=O)oc23)cc1. The maximum atomic E-state index is 12.8. The summed E-state index contributed by atoms with van der Waals surface area (Å²) in [5, 5.41) is 11.2. The summed E-state index contributed by atoms with van der Waals surface area (Å²) < 4.78 is 66.7. The zero-order chi connectivity index (χ0) is 28.4. The molecule has 0 saturated carbocycles. The number of fused-ring (bicyclic) bond motifs is 1. The van der Waals surface area contributed by atoms with E-state index in [1.54, 1.807) is 6.92 Å². The maximum Gasteiger partial charge on any atom is 0.340 e. The van der Waals surface area contributed by atoms with Crippen LogP contribution in [-0.4, -0.2) is 34.3 Å². The second kappa shape index (κ2) is 10.7. The third-order valence-electron chi connectivity index (χ3n) is 5.38. The molecule has 12 nitrogen and oxygen atoms in total. The first-order valence-corrected chi connectivity index (χ1v) is 14.2. The number of rotatable bonds is 9. The molecule has 0 atom stereocenters. The molecule has 3 aromatic carbocycles. The van der Waals surface area contributed by atoms with E-state index >= 15 is 0 Å². The largest absolute Gasteiger partial charge is 0.462 e. The van der Waals surface area contributed by atoms with E-state index in [0.717, 1.165) is 24.3 Å². The molecule has 0 saturated heterocycles.